The molecule has 10 heteroatoms. The van der Waals surface area contributed by atoms with Crippen molar-refractivity contribution in [2.45, 2.75) is 150 Å². The largest absolute Gasteiger partial charge is 0.487 e. The molecule has 1 aromatic carbocycles. The lowest BCUT2D eigenvalue weighted by atomic mass is 9.68. The lowest BCUT2D eigenvalue weighted by molar-refractivity contribution is -0.0614. The molecule has 45 heavy (non-hydrogen) atoms. The highest BCUT2D eigenvalue weighted by atomic mass is 31.2. The van der Waals surface area contributed by atoms with Crippen LogP contribution in [0.4, 0.5) is 4.79 Å². The molecule has 1 saturated carbocycles. The number of phosphoric acid groups is 1. The highest BCUT2D eigenvalue weighted by molar-refractivity contribution is 7.48. The molecule has 1 unspecified atom stereocenters. The smallest absolute Gasteiger partial charge is 0.475 e. The topological polar surface area (TPSA) is 105 Å². The van der Waals surface area contributed by atoms with Crippen molar-refractivity contribution in [3.05, 3.63) is 36.0 Å². The number of fused-ring (bicyclic) bond motifs is 1. The Hall–Kier alpha value is -2.19. The number of carbonyl (C=O) groups excluding carboxylic acids is 1. The molecule has 0 aliphatic heterocycles. The summed E-state index contributed by atoms with van der Waals surface area (Å²) in [5, 5.41) is 3.81. The molecule has 1 N–H and O–H groups in total. The van der Waals surface area contributed by atoms with Gasteiger partial charge in [-0.2, -0.15) is 0 Å². The first-order valence-electron chi connectivity index (χ1n) is 16.1. The van der Waals surface area contributed by atoms with Crippen molar-refractivity contribution < 1.29 is 32.4 Å². The van der Waals surface area contributed by atoms with Crippen molar-refractivity contribution in [2.75, 3.05) is 6.61 Å². The van der Waals surface area contributed by atoms with Gasteiger partial charge in [-0.25, -0.2) is 9.36 Å². The number of alkyl carbamates (subject to hydrolysis) is 1. The highest BCUT2D eigenvalue weighted by Crippen LogP contribution is 2.56. The summed E-state index contributed by atoms with van der Waals surface area (Å²) in [5.41, 5.74) is -2.66. The number of benzene rings is 1. The minimum atomic E-state index is -4.09. The fourth-order valence-corrected chi connectivity index (χ4v) is 7.38. The molecule has 3 rings (SSSR count). The van der Waals surface area contributed by atoms with E-state index in [2.05, 4.69) is 26.1 Å². The van der Waals surface area contributed by atoms with Crippen molar-refractivity contribution in [3.8, 4) is 5.75 Å². The number of aromatic nitrogens is 1. The van der Waals surface area contributed by atoms with E-state index >= 15 is 0 Å². The van der Waals surface area contributed by atoms with Crippen molar-refractivity contribution in [1.29, 1.82) is 0 Å². The van der Waals surface area contributed by atoms with Crippen LogP contribution in [-0.2, 0) is 28.4 Å². The van der Waals surface area contributed by atoms with Gasteiger partial charge in [-0.3, -0.25) is 18.6 Å². The van der Waals surface area contributed by atoms with Gasteiger partial charge in [-0.1, -0.05) is 33.3 Å². The summed E-state index contributed by atoms with van der Waals surface area (Å²) in [7, 11) is -4.09. The Balaban J connectivity index is 1.99. The van der Waals surface area contributed by atoms with Crippen molar-refractivity contribution in [3.63, 3.8) is 0 Å². The second-order valence-electron chi connectivity index (χ2n) is 16.5. The van der Waals surface area contributed by atoms with E-state index in [9.17, 15) is 9.36 Å². The van der Waals surface area contributed by atoms with E-state index in [1.165, 1.54) is 6.42 Å². The van der Waals surface area contributed by atoms with Gasteiger partial charge >= 0.3 is 13.9 Å². The van der Waals surface area contributed by atoms with E-state index in [4.69, 9.17) is 28.0 Å². The summed E-state index contributed by atoms with van der Waals surface area (Å²) in [4.78, 5) is 18.0. The number of nitrogens with zero attached hydrogens (tertiary/aromatic N) is 1. The van der Waals surface area contributed by atoms with Gasteiger partial charge in [0.1, 0.15) is 22.5 Å². The fourth-order valence-electron chi connectivity index (χ4n) is 5.48. The SMILES string of the molecule is CC(C)(C)OC(=O)NC(C)(COP(=O)(OC(C)(C)C)OC(C)(C)C)c1ccc2cc(OC3(C(C)(C)C)CCCCC3)ccc2n1. The molecule has 1 amide bonds. The van der Waals surface area contributed by atoms with Crippen molar-refractivity contribution in [1.82, 2.24) is 10.3 Å². The zero-order valence-electron chi connectivity index (χ0n) is 29.9. The molecule has 2 aromatic rings. The summed E-state index contributed by atoms with van der Waals surface area (Å²) in [6, 6.07) is 9.68. The zero-order valence-corrected chi connectivity index (χ0v) is 30.8. The van der Waals surface area contributed by atoms with Crippen LogP contribution in [-0.4, -0.2) is 40.1 Å². The summed E-state index contributed by atoms with van der Waals surface area (Å²) in [6.07, 6.45) is 4.96. The van der Waals surface area contributed by atoms with E-state index in [1.54, 1.807) is 69.2 Å². The normalized spacial score (nSPS) is 17.9. The predicted octanol–water partition coefficient (Wildman–Crippen LogP) is 9.86. The van der Waals surface area contributed by atoms with Crippen LogP contribution in [0.25, 0.3) is 10.9 Å². The molecule has 1 atom stereocenters. The average molecular weight is 649 g/mol. The maximum atomic E-state index is 13.9. The first-order chi connectivity index (χ1) is 20.3. The zero-order chi connectivity index (χ0) is 34.1. The number of pyridine rings is 1. The number of ether oxygens (including phenoxy) is 2. The molecule has 1 fully saturated rings. The Morgan fingerprint density at radius 3 is 1.91 bits per heavy atom. The fraction of sp³-hybridized carbons (Fsp3) is 0.714. The van der Waals surface area contributed by atoms with E-state index in [0.29, 0.717) is 11.2 Å². The van der Waals surface area contributed by atoms with Gasteiger partial charge in [0.15, 0.2) is 0 Å². The highest BCUT2D eigenvalue weighted by Gasteiger charge is 2.45. The Bertz CT molecular complexity index is 1360. The molecule has 0 bridgehead atoms. The Morgan fingerprint density at radius 1 is 0.822 bits per heavy atom. The first kappa shape index (κ1) is 37.3. The molecular formula is C35H57N2O7P. The van der Waals surface area contributed by atoms with Gasteiger partial charge in [0.25, 0.3) is 0 Å². The first-order valence-corrected chi connectivity index (χ1v) is 17.6. The number of hydrogen-bond donors (Lipinski definition) is 1. The molecule has 254 valence electrons. The molecule has 0 spiro atoms. The van der Waals surface area contributed by atoms with Gasteiger partial charge in [0.2, 0.25) is 0 Å². The maximum absolute atomic E-state index is 13.9. The summed E-state index contributed by atoms with van der Waals surface area (Å²) >= 11 is 0. The average Bonchev–Trinajstić information content (AvgIpc) is 2.84. The quantitative estimate of drug-likeness (QED) is 0.268. The molecule has 1 heterocycles. The van der Waals surface area contributed by atoms with Gasteiger partial charge in [0, 0.05) is 10.8 Å². The number of rotatable bonds is 9. The van der Waals surface area contributed by atoms with E-state index in [1.807, 2.05) is 30.3 Å². The lowest BCUT2D eigenvalue weighted by Crippen LogP contribution is -2.49. The third kappa shape index (κ3) is 10.7. The van der Waals surface area contributed by atoms with Crippen molar-refractivity contribution in [2.24, 2.45) is 5.41 Å². The molecule has 1 aliphatic rings. The second-order valence-corrected chi connectivity index (χ2v) is 18.1. The van der Waals surface area contributed by atoms with Crippen LogP contribution >= 0.6 is 7.82 Å². The predicted molar refractivity (Wildman–Crippen MR) is 180 cm³/mol. The van der Waals surface area contributed by atoms with Crippen molar-refractivity contribution >= 4 is 24.8 Å². The maximum Gasteiger partial charge on any atom is 0.475 e. The molecule has 1 aliphatic carbocycles. The van der Waals surface area contributed by atoms with Gasteiger partial charge in [-0.15, -0.1) is 0 Å². The van der Waals surface area contributed by atoms with Crippen LogP contribution in [0, 0.1) is 5.41 Å². The molecule has 9 nitrogen and oxygen atoms in total. The number of amides is 1. The van der Waals surface area contributed by atoms with Gasteiger partial charge < -0.3 is 14.8 Å². The van der Waals surface area contributed by atoms with Crippen LogP contribution in [0.3, 0.4) is 0 Å². The minimum absolute atomic E-state index is 0.00747. The number of phosphoric ester groups is 1. The lowest BCUT2D eigenvalue weighted by Gasteiger charge is -2.47. The second kappa shape index (κ2) is 13.1. The van der Waals surface area contributed by atoms with Gasteiger partial charge in [-0.05, 0) is 119 Å². The Kier molecular flexibility index (Phi) is 10.9. The molecule has 0 saturated heterocycles. The standard InChI is InChI=1S/C35H57N2O7P/c1-30(2,3)35(21-15-14-16-22-35)41-26-18-19-27-25(23-26)17-20-28(36-27)34(13,37-29(38)42-31(4,5)6)24-40-45(39,43-32(7,8)9)44-33(10,11)12/h17-20,23H,14-16,21-22,24H2,1-13H3,(H,37,38). The van der Waals surface area contributed by atoms with Crippen LogP contribution in [0.1, 0.15) is 128 Å². The summed E-state index contributed by atoms with van der Waals surface area (Å²) in [5.74, 6) is 0.812. The van der Waals surface area contributed by atoms with Crippen LogP contribution in [0.5, 0.6) is 5.75 Å². The van der Waals surface area contributed by atoms with E-state index in [0.717, 1.165) is 36.8 Å². The van der Waals surface area contributed by atoms with E-state index < -0.39 is 36.3 Å². The summed E-state index contributed by atoms with van der Waals surface area (Å²) in [6.45, 7) is 24.2. The van der Waals surface area contributed by atoms with Crippen LogP contribution in [0.2, 0.25) is 0 Å². The Labute approximate surface area is 271 Å². The minimum Gasteiger partial charge on any atom is -0.487 e. The third-order valence-electron chi connectivity index (χ3n) is 7.63. The number of hydrogen-bond acceptors (Lipinski definition) is 8. The molecular weight excluding hydrogens is 591 g/mol. The molecule has 1 aromatic heterocycles. The third-order valence-corrected chi connectivity index (χ3v) is 9.61. The van der Waals surface area contributed by atoms with Crippen LogP contribution < -0.4 is 10.1 Å². The Morgan fingerprint density at radius 2 is 1.40 bits per heavy atom. The molecule has 0 radical (unpaired) electrons. The summed E-state index contributed by atoms with van der Waals surface area (Å²) < 4.78 is 43.9. The van der Waals surface area contributed by atoms with Crippen LogP contribution in [0.15, 0.2) is 30.3 Å². The number of nitrogens with one attached hydrogen (secondary N) is 1. The van der Waals surface area contributed by atoms with Gasteiger partial charge in [0.05, 0.1) is 29.0 Å². The van der Waals surface area contributed by atoms with E-state index in [-0.39, 0.29) is 17.6 Å². The number of carbonyl (C=O) groups is 1. The monoisotopic (exact) mass is 648 g/mol.